The molecule has 2 heterocycles. The van der Waals surface area contributed by atoms with E-state index in [9.17, 15) is 9.90 Å². The molecule has 42 heavy (non-hydrogen) atoms. The highest BCUT2D eigenvalue weighted by atomic mass is 16.3. The van der Waals surface area contributed by atoms with Gasteiger partial charge in [0.15, 0.2) is 0 Å². The monoisotopic (exact) mass is 575 g/mol. The van der Waals surface area contributed by atoms with Gasteiger partial charge < -0.3 is 20.0 Å². The molecule has 9 heteroatoms. The van der Waals surface area contributed by atoms with Crippen LogP contribution in [0.4, 0.5) is 0 Å². The molecule has 3 aromatic rings. The van der Waals surface area contributed by atoms with E-state index in [-0.39, 0.29) is 12.5 Å². The number of nitrogens with one attached hydrogen (secondary N) is 2. The largest absolute Gasteiger partial charge is 0.395 e. The van der Waals surface area contributed by atoms with Crippen molar-refractivity contribution in [3.63, 3.8) is 0 Å². The van der Waals surface area contributed by atoms with Crippen LogP contribution in [-0.4, -0.2) is 83.5 Å². The summed E-state index contributed by atoms with van der Waals surface area (Å²) in [7, 11) is 0. The zero-order valence-corrected chi connectivity index (χ0v) is 25.3. The molecule has 3 N–H and O–H groups in total. The maximum Gasteiger partial charge on any atom is 0.254 e. The summed E-state index contributed by atoms with van der Waals surface area (Å²) < 4.78 is 0. The van der Waals surface area contributed by atoms with Crippen LogP contribution in [-0.2, 0) is 19.6 Å². The minimum Gasteiger partial charge on any atom is -0.395 e. The number of benzene rings is 1. The Hall–Kier alpha value is -3.01. The Balaban J connectivity index is 1.19. The zero-order valence-electron chi connectivity index (χ0n) is 25.3. The summed E-state index contributed by atoms with van der Waals surface area (Å²) in [4.78, 5) is 35.4. The maximum atomic E-state index is 13.5. The molecule has 0 spiro atoms. The predicted molar refractivity (Wildman–Crippen MR) is 165 cm³/mol. The number of carbonyl (C=O) groups excluding carboxylic acids is 1. The molecular weight excluding hydrogens is 526 g/mol. The lowest BCUT2D eigenvalue weighted by Crippen LogP contribution is -2.49. The Morgan fingerprint density at radius 1 is 0.810 bits per heavy atom. The average molecular weight is 576 g/mol. The Morgan fingerprint density at radius 3 is 1.95 bits per heavy atom. The number of imidazole rings is 2. The van der Waals surface area contributed by atoms with Crippen molar-refractivity contribution in [1.82, 2.24) is 34.6 Å². The second-order valence-electron chi connectivity index (χ2n) is 12.1. The number of nitrogens with zero attached hydrogens (tertiary/aromatic N) is 5. The number of amides is 1. The summed E-state index contributed by atoms with van der Waals surface area (Å²) in [6.45, 7) is 5.92. The van der Waals surface area contributed by atoms with Crippen LogP contribution in [0, 0.1) is 0 Å². The molecule has 2 aliphatic rings. The van der Waals surface area contributed by atoms with E-state index in [1.165, 1.54) is 76.3 Å². The molecule has 2 fully saturated rings. The lowest BCUT2D eigenvalue weighted by molar-refractivity contribution is 0.0469. The van der Waals surface area contributed by atoms with Gasteiger partial charge in [-0.15, -0.1) is 0 Å². The second-order valence-corrected chi connectivity index (χ2v) is 12.1. The lowest BCUT2D eigenvalue weighted by atomic mass is 9.86. The van der Waals surface area contributed by atoms with Gasteiger partial charge in [-0.25, -0.2) is 9.97 Å². The van der Waals surface area contributed by atoms with Gasteiger partial charge in [-0.2, -0.15) is 0 Å². The van der Waals surface area contributed by atoms with Crippen LogP contribution in [0.25, 0.3) is 0 Å². The minimum atomic E-state index is -0.0607. The maximum absolute atomic E-state index is 13.5. The smallest absolute Gasteiger partial charge is 0.254 e. The van der Waals surface area contributed by atoms with Crippen molar-refractivity contribution in [3.8, 4) is 0 Å². The Bertz CT molecular complexity index is 1130. The summed E-state index contributed by atoms with van der Waals surface area (Å²) in [5, 5.41) is 9.90. The van der Waals surface area contributed by atoms with E-state index in [2.05, 4.69) is 48.8 Å². The first kappa shape index (κ1) is 30.4. The fourth-order valence-electron chi connectivity index (χ4n) is 7.11. The van der Waals surface area contributed by atoms with E-state index in [0.717, 1.165) is 24.2 Å². The van der Waals surface area contributed by atoms with Crippen molar-refractivity contribution in [2.24, 2.45) is 0 Å². The minimum absolute atomic E-state index is 0.0607. The highest BCUT2D eigenvalue weighted by Crippen LogP contribution is 2.32. The van der Waals surface area contributed by atoms with Crippen molar-refractivity contribution in [2.75, 3.05) is 19.7 Å². The van der Waals surface area contributed by atoms with E-state index in [4.69, 9.17) is 0 Å². The second kappa shape index (κ2) is 15.5. The van der Waals surface area contributed by atoms with Gasteiger partial charge in [0.2, 0.25) is 0 Å². The van der Waals surface area contributed by atoms with Crippen LogP contribution in [0.1, 0.15) is 98.7 Å². The molecule has 1 amide bonds. The number of aliphatic hydroxyl groups is 1. The molecule has 0 aliphatic heterocycles. The van der Waals surface area contributed by atoms with Gasteiger partial charge in [0.05, 0.1) is 19.7 Å². The molecule has 0 unspecified atom stereocenters. The van der Waals surface area contributed by atoms with Gasteiger partial charge in [0.25, 0.3) is 5.91 Å². The van der Waals surface area contributed by atoms with E-state index in [0.29, 0.717) is 37.3 Å². The Labute approximate surface area is 250 Å². The predicted octanol–water partition coefficient (Wildman–Crippen LogP) is 5.13. The number of rotatable bonds is 14. The first-order valence-electron chi connectivity index (χ1n) is 16.1. The molecule has 0 radical (unpaired) electrons. The summed E-state index contributed by atoms with van der Waals surface area (Å²) in [6.07, 6.45) is 20.0. The van der Waals surface area contributed by atoms with Crippen molar-refractivity contribution in [3.05, 3.63) is 71.8 Å². The highest BCUT2D eigenvalue weighted by Gasteiger charge is 2.32. The molecule has 2 saturated carbocycles. The zero-order chi connectivity index (χ0) is 29.1. The first-order chi connectivity index (χ1) is 20.6. The van der Waals surface area contributed by atoms with Gasteiger partial charge in [0, 0.05) is 61.6 Å². The number of aromatic nitrogens is 4. The number of aromatic amines is 2. The fourth-order valence-corrected chi connectivity index (χ4v) is 7.11. The Kier molecular flexibility index (Phi) is 11.2. The van der Waals surface area contributed by atoms with Crippen molar-refractivity contribution in [1.29, 1.82) is 0 Å². The fraction of sp³-hybridized carbons (Fsp3) is 0.606. The lowest BCUT2D eigenvalue weighted by Gasteiger charge is -2.44. The van der Waals surface area contributed by atoms with Crippen molar-refractivity contribution < 1.29 is 9.90 Å². The normalized spacial score (nSPS) is 19.9. The first-order valence-corrected chi connectivity index (χ1v) is 16.1. The van der Waals surface area contributed by atoms with Crippen LogP contribution >= 0.6 is 0 Å². The molecule has 9 nitrogen and oxygen atoms in total. The van der Waals surface area contributed by atoms with E-state index < -0.39 is 0 Å². The number of hydrogen-bond donors (Lipinski definition) is 3. The van der Waals surface area contributed by atoms with E-state index in [1.54, 1.807) is 29.7 Å². The molecule has 1 aromatic carbocycles. The van der Waals surface area contributed by atoms with Crippen LogP contribution in [0.15, 0.2) is 49.1 Å². The molecule has 0 saturated heterocycles. The van der Waals surface area contributed by atoms with Gasteiger partial charge in [0.1, 0.15) is 11.6 Å². The number of aliphatic hydroxyl groups excluding tert-OH is 1. The number of carbonyl (C=O) groups is 1. The molecule has 2 aromatic heterocycles. The third-order valence-corrected chi connectivity index (χ3v) is 9.23. The average Bonchev–Trinajstić information content (AvgIpc) is 3.75. The SMILES string of the molecule is CCCN(C1CCCCC1)C1CCC(N(CCO)Cc2ccc(C(=O)N(Cc3ncc[nH]3)Cc3ncc[nH]3)cc2)CC1. The summed E-state index contributed by atoms with van der Waals surface area (Å²) >= 11 is 0. The summed E-state index contributed by atoms with van der Waals surface area (Å²) in [5.74, 6) is 1.41. The van der Waals surface area contributed by atoms with Crippen LogP contribution < -0.4 is 0 Å². The third-order valence-electron chi connectivity index (χ3n) is 9.23. The van der Waals surface area contributed by atoms with Crippen molar-refractivity contribution >= 4 is 5.91 Å². The van der Waals surface area contributed by atoms with Crippen LogP contribution in [0.5, 0.6) is 0 Å². The van der Waals surface area contributed by atoms with Crippen LogP contribution in [0.2, 0.25) is 0 Å². The van der Waals surface area contributed by atoms with Crippen molar-refractivity contribution in [2.45, 2.75) is 109 Å². The van der Waals surface area contributed by atoms with Gasteiger partial charge in [-0.05, 0) is 69.2 Å². The highest BCUT2D eigenvalue weighted by molar-refractivity contribution is 5.94. The summed E-state index contributed by atoms with van der Waals surface area (Å²) in [5.41, 5.74) is 1.81. The topological polar surface area (TPSA) is 104 Å². The van der Waals surface area contributed by atoms with Crippen LogP contribution in [0.3, 0.4) is 0 Å². The number of H-pyrrole nitrogens is 2. The quantitative estimate of drug-likeness (QED) is 0.246. The molecule has 2 aliphatic carbocycles. The van der Waals surface area contributed by atoms with Gasteiger partial charge in [-0.1, -0.05) is 38.3 Å². The van der Waals surface area contributed by atoms with Gasteiger partial charge >= 0.3 is 0 Å². The number of hydrogen-bond acceptors (Lipinski definition) is 6. The molecule has 5 rings (SSSR count). The molecular formula is C33H49N7O2. The third kappa shape index (κ3) is 8.08. The molecule has 0 bridgehead atoms. The standard InChI is InChI=1S/C33H49N7O2/c1-2-20-40(29-6-4-3-5-7-29)30-14-12-28(13-15-30)38(21-22-41)23-26-8-10-27(11-9-26)33(42)39(24-31-34-16-17-35-31)25-32-36-18-19-37-32/h8-11,16-19,28-30,41H,2-7,12-15,20-25H2,1H3,(H,34,35)(H,36,37). The van der Waals surface area contributed by atoms with E-state index >= 15 is 0 Å². The molecule has 228 valence electrons. The Morgan fingerprint density at radius 2 is 1.40 bits per heavy atom. The van der Waals surface area contributed by atoms with E-state index in [1.807, 2.05) is 12.1 Å². The molecule has 0 atom stereocenters. The summed E-state index contributed by atoms with van der Waals surface area (Å²) in [6, 6.07) is 9.95. The van der Waals surface area contributed by atoms with Gasteiger partial charge in [-0.3, -0.25) is 14.6 Å².